The van der Waals surface area contributed by atoms with E-state index in [1.54, 1.807) is 0 Å². The third kappa shape index (κ3) is 3.98. The summed E-state index contributed by atoms with van der Waals surface area (Å²) in [5, 5.41) is 12.1. The summed E-state index contributed by atoms with van der Waals surface area (Å²) in [6.07, 6.45) is 2.37. The molecule has 2 aliphatic heterocycles. The van der Waals surface area contributed by atoms with Gasteiger partial charge in [-0.15, -0.1) is 10.2 Å². The molecule has 4 rings (SSSR count). The van der Waals surface area contributed by atoms with E-state index in [0.717, 1.165) is 68.5 Å². The molecular formula is C20H27N5O2. The number of nitrogens with zero attached hydrogens (tertiary/aromatic N) is 4. The molecule has 27 heavy (non-hydrogen) atoms. The summed E-state index contributed by atoms with van der Waals surface area (Å²) in [5.41, 5.74) is 1.03. The molecular weight excluding hydrogens is 342 g/mol. The molecule has 7 nitrogen and oxygen atoms in total. The van der Waals surface area contributed by atoms with Crippen molar-refractivity contribution in [1.82, 2.24) is 25.0 Å². The smallest absolute Gasteiger partial charge is 0.226 e. The van der Waals surface area contributed by atoms with Crippen LogP contribution in [-0.4, -0.2) is 51.8 Å². The topological polar surface area (TPSA) is 72.3 Å². The Morgan fingerprint density at radius 2 is 1.96 bits per heavy atom. The molecule has 1 amide bonds. The van der Waals surface area contributed by atoms with Gasteiger partial charge in [-0.3, -0.25) is 4.79 Å². The van der Waals surface area contributed by atoms with Gasteiger partial charge in [0.25, 0.3) is 0 Å². The molecule has 2 aromatic rings. The number of carbonyl (C=O) groups is 1. The van der Waals surface area contributed by atoms with Gasteiger partial charge in [-0.2, -0.15) is 0 Å². The zero-order valence-electron chi connectivity index (χ0n) is 15.9. The van der Waals surface area contributed by atoms with Crippen LogP contribution in [0.4, 0.5) is 0 Å². The summed E-state index contributed by atoms with van der Waals surface area (Å²) in [7, 11) is 0. The lowest BCUT2D eigenvalue weighted by Crippen LogP contribution is -2.39. The predicted molar refractivity (Wildman–Crippen MR) is 102 cm³/mol. The summed E-state index contributed by atoms with van der Waals surface area (Å²) < 4.78 is 7.72. The summed E-state index contributed by atoms with van der Waals surface area (Å²) in [5.74, 6) is 3.58. The first-order chi connectivity index (χ1) is 13.2. The number of carbonyl (C=O) groups excluding carboxylic acids is 1. The molecule has 0 radical (unpaired) electrons. The standard InChI is InChI=1S/C20H27N5O2/c1-2-27-17-5-3-15(4-6-17)13-19(26)24-10-7-16(8-11-24)20-23-22-18-14-21-9-12-25(18)20/h3-6,16,21H,2,7-14H2,1H3. The van der Waals surface area contributed by atoms with Gasteiger partial charge in [-0.25, -0.2) is 0 Å². The molecule has 1 aromatic carbocycles. The van der Waals surface area contributed by atoms with Gasteiger partial charge in [0.2, 0.25) is 5.91 Å². The van der Waals surface area contributed by atoms with Gasteiger partial charge in [0.05, 0.1) is 19.6 Å². The third-order valence-corrected chi connectivity index (χ3v) is 5.45. The molecule has 0 aliphatic carbocycles. The maximum atomic E-state index is 12.7. The van der Waals surface area contributed by atoms with Crippen LogP contribution >= 0.6 is 0 Å². The van der Waals surface area contributed by atoms with E-state index in [-0.39, 0.29) is 5.91 Å². The zero-order valence-corrected chi connectivity index (χ0v) is 15.9. The van der Waals surface area contributed by atoms with Gasteiger partial charge in [0, 0.05) is 32.1 Å². The molecule has 144 valence electrons. The second kappa shape index (κ2) is 8.08. The normalized spacial score (nSPS) is 17.6. The Hall–Kier alpha value is -2.41. The molecule has 7 heteroatoms. The lowest BCUT2D eigenvalue weighted by molar-refractivity contribution is -0.131. The van der Waals surface area contributed by atoms with E-state index in [0.29, 0.717) is 18.9 Å². The minimum Gasteiger partial charge on any atom is -0.494 e. The highest BCUT2D eigenvalue weighted by molar-refractivity contribution is 5.78. The number of nitrogens with one attached hydrogen (secondary N) is 1. The van der Waals surface area contributed by atoms with Crippen LogP contribution in [0.25, 0.3) is 0 Å². The number of fused-ring (bicyclic) bond motifs is 1. The Morgan fingerprint density at radius 3 is 2.70 bits per heavy atom. The Labute approximate surface area is 159 Å². The van der Waals surface area contributed by atoms with E-state index < -0.39 is 0 Å². The van der Waals surface area contributed by atoms with Crippen molar-refractivity contribution < 1.29 is 9.53 Å². The zero-order chi connectivity index (χ0) is 18.6. The Morgan fingerprint density at radius 1 is 1.19 bits per heavy atom. The summed E-state index contributed by atoms with van der Waals surface area (Å²) >= 11 is 0. The quantitative estimate of drug-likeness (QED) is 0.869. The van der Waals surface area contributed by atoms with Gasteiger partial charge < -0.3 is 19.5 Å². The van der Waals surface area contributed by atoms with E-state index in [1.807, 2.05) is 36.1 Å². The second-order valence-corrected chi connectivity index (χ2v) is 7.21. The Balaban J connectivity index is 1.32. The number of hydrogen-bond donors (Lipinski definition) is 1. The minimum atomic E-state index is 0.199. The van der Waals surface area contributed by atoms with Crippen LogP contribution < -0.4 is 10.1 Å². The van der Waals surface area contributed by atoms with E-state index in [9.17, 15) is 4.79 Å². The van der Waals surface area contributed by atoms with Crippen molar-refractivity contribution in [2.45, 2.75) is 45.2 Å². The molecule has 1 N–H and O–H groups in total. The van der Waals surface area contributed by atoms with Crippen LogP contribution in [0.15, 0.2) is 24.3 Å². The van der Waals surface area contributed by atoms with Gasteiger partial charge in [-0.1, -0.05) is 12.1 Å². The molecule has 1 fully saturated rings. The SMILES string of the molecule is CCOc1ccc(CC(=O)N2CCC(c3nnc4n3CCNC4)CC2)cc1. The van der Waals surface area contributed by atoms with Crippen molar-refractivity contribution in [2.75, 3.05) is 26.2 Å². The highest BCUT2D eigenvalue weighted by atomic mass is 16.5. The molecule has 0 bridgehead atoms. The number of aromatic nitrogens is 3. The summed E-state index contributed by atoms with van der Waals surface area (Å²) in [4.78, 5) is 14.6. The minimum absolute atomic E-state index is 0.199. The van der Waals surface area contributed by atoms with Crippen LogP contribution in [0.3, 0.4) is 0 Å². The first-order valence-corrected chi connectivity index (χ1v) is 9.87. The molecule has 2 aliphatic rings. The fraction of sp³-hybridized carbons (Fsp3) is 0.550. The lowest BCUT2D eigenvalue weighted by atomic mass is 9.95. The fourth-order valence-corrected chi connectivity index (χ4v) is 3.96. The molecule has 1 aromatic heterocycles. The van der Waals surface area contributed by atoms with Crippen molar-refractivity contribution in [1.29, 1.82) is 0 Å². The number of rotatable bonds is 5. The summed E-state index contributed by atoms with van der Waals surface area (Å²) in [6.45, 7) is 6.91. The largest absolute Gasteiger partial charge is 0.494 e. The lowest BCUT2D eigenvalue weighted by Gasteiger charge is -2.32. The average molecular weight is 369 g/mol. The molecule has 0 saturated carbocycles. The maximum Gasteiger partial charge on any atom is 0.226 e. The third-order valence-electron chi connectivity index (χ3n) is 5.45. The molecule has 0 unspecified atom stereocenters. The number of amides is 1. The highest BCUT2D eigenvalue weighted by Gasteiger charge is 2.28. The average Bonchev–Trinajstić information content (AvgIpc) is 3.14. The second-order valence-electron chi connectivity index (χ2n) is 7.21. The van der Waals surface area contributed by atoms with Crippen molar-refractivity contribution >= 4 is 5.91 Å². The summed E-state index contributed by atoms with van der Waals surface area (Å²) in [6, 6.07) is 7.82. The van der Waals surface area contributed by atoms with Gasteiger partial charge >= 0.3 is 0 Å². The Kier molecular flexibility index (Phi) is 5.38. The maximum absolute atomic E-state index is 12.7. The van der Waals surface area contributed by atoms with Gasteiger partial charge in [0.1, 0.15) is 17.4 Å². The van der Waals surface area contributed by atoms with Crippen LogP contribution in [0.5, 0.6) is 5.75 Å². The number of piperidine rings is 1. The number of benzene rings is 1. The fourth-order valence-electron chi connectivity index (χ4n) is 3.96. The first kappa shape index (κ1) is 18.0. The number of hydrogen-bond acceptors (Lipinski definition) is 5. The van der Waals surface area contributed by atoms with Crippen LogP contribution in [0.1, 0.15) is 42.9 Å². The van der Waals surface area contributed by atoms with Gasteiger partial charge in [-0.05, 0) is 37.5 Å². The number of likely N-dealkylation sites (tertiary alicyclic amines) is 1. The monoisotopic (exact) mass is 369 g/mol. The highest BCUT2D eigenvalue weighted by Crippen LogP contribution is 2.28. The van der Waals surface area contributed by atoms with Crippen molar-refractivity contribution in [2.24, 2.45) is 0 Å². The van der Waals surface area contributed by atoms with Gasteiger partial charge in [0.15, 0.2) is 0 Å². The van der Waals surface area contributed by atoms with Crippen LogP contribution in [0.2, 0.25) is 0 Å². The van der Waals surface area contributed by atoms with Crippen molar-refractivity contribution in [3.05, 3.63) is 41.5 Å². The van der Waals surface area contributed by atoms with E-state index >= 15 is 0 Å². The van der Waals surface area contributed by atoms with E-state index in [4.69, 9.17) is 4.74 Å². The van der Waals surface area contributed by atoms with E-state index in [2.05, 4.69) is 20.1 Å². The van der Waals surface area contributed by atoms with E-state index in [1.165, 1.54) is 0 Å². The number of ether oxygens (including phenoxy) is 1. The predicted octanol–water partition coefficient (Wildman–Crippen LogP) is 1.73. The first-order valence-electron chi connectivity index (χ1n) is 9.87. The van der Waals surface area contributed by atoms with Crippen LogP contribution in [0, 0.1) is 0 Å². The molecule has 1 saturated heterocycles. The van der Waals surface area contributed by atoms with Crippen LogP contribution in [-0.2, 0) is 24.3 Å². The molecule has 0 spiro atoms. The Bertz CT molecular complexity index is 778. The van der Waals surface area contributed by atoms with Crippen molar-refractivity contribution in [3.63, 3.8) is 0 Å². The molecule has 3 heterocycles. The molecule has 0 atom stereocenters. The van der Waals surface area contributed by atoms with Crippen molar-refractivity contribution in [3.8, 4) is 5.75 Å².